The van der Waals surface area contributed by atoms with Crippen molar-refractivity contribution in [1.29, 1.82) is 0 Å². The van der Waals surface area contributed by atoms with Crippen LogP contribution in [-0.4, -0.2) is 46.0 Å². The zero-order valence-electron chi connectivity index (χ0n) is 11.2. The van der Waals surface area contributed by atoms with Gasteiger partial charge in [-0.3, -0.25) is 4.79 Å². The highest BCUT2D eigenvalue weighted by Gasteiger charge is 2.07. The smallest absolute Gasteiger partial charge is 0.258 e. The summed E-state index contributed by atoms with van der Waals surface area (Å²) in [6, 6.07) is 4.37. The Labute approximate surface area is 125 Å². The fourth-order valence-corrected chi connectivity index (χ4v) is 1.63. The monoisotopic (exact) mass is 349 g/mol. The minimum Gasteiger partial charge on any atom is -0.481 e. The largest absolute Gasteiger partial charge is 0.481 e. The average Bonchev–Trinajstić information content (AvgIpc) is 2.41. The first kappa shape index (κ1) is 16.9. The van der Waals surface area contributed by atoms with Crippen LogP contribution in [0.4, 0.5) is 4.39 Å². The molecular formula is C13H17BrFNO4. The number of benzene rings is 1. The Morgan fingerprint density at radius 2 is 2.15 bits per heavy atom. The molecule has 0 unspecified atom stereocenters. The first-order valence-electron chi connectivity index (χ1n) is 6.04. The average molecular weight is 350 g/mol. The Kier molecular flexibility index (Phi) is 8.17. The van der Waals surface area contributed by atoms with Gasteiger partial charge < -0.3 is 19.5 Å². The predicted molar refractivity (Wildman–Crippen MR) is 75.3 cm³/mol. The van der Waals surface area contributed by atoms with Crippen molar-refractivity contribution in [3.8, 4) is 5.75 Å². The maximum absolute atomic E-state index is 13.4. The van der Waals surface area contributed by atoms with Crippen molar-refractivity contribution < 1.29 is 23.4 Å². The fraction of sp³-hybridized carbons (Fsp3) is 0.462. The molecule has 0 aliphatic rings. The number of nitrogens with one attached hydrogen (secondary N) is 1. The molecular weight excluding hydrogens is 333 g/mol. The van der Waals surface area contributed by atoms with Gasteiger partial charge in [0.25, 0.3) is 5.91 Å². The van der Waals surface area contributed by atoms with Crippen molar-refractivity contribution in [3.63, 3.8) is 0 Å². The maximum atomic E-state index is 13.4. The summed E-state index contributed by atoms with van der Waals surface area (Å²) in [5.74, 6) is -0.808. The lowest BCUT2D eigenvalue weighted by Crippen LogP contribution is -2.32. The zero-order valence-corrected chi connectivity index (χ0v) is 12.7. The number of carbonyl (C=O) groups excluding carboxylic acids is 1. The number of carbonyl (C=O) groups is 1. The summed E-state index contributed by atoms with van der Waals surface area (Å²) >= 11 is 3.14. The van der Waals surface area contributed by atoms with Gasteiger partial charge in [-0.2, -0.15) is 0 Å². The number of halogens is 2. The Balaban J connectivity index is 2.16. The molecule has 0 bridgehead atoms. The summed E-state index contributed by atoms with van der Waals surface area (Å²) in [5.41, 5.74) is 0. The van der Waals surface area contributed by atoms with Crippen LogP contribution in [0, 0.1) is 5.82 Å². The van der Waals surface area contributed by atoms with Gasteiger partial charge in [0.1, 0.15) is 0 Å². The molecule has 0 atom stereocenters. The third kappa shape index (κ3) is 6.83. The molecule has 7 heteroatoms. The van der Waals surface area contributed by atoms with Crippen LogP contribution in [0.2, 0.25) is 0 Å². The molecule has 20 heavy (non-hydrogen) atoms. The molecule has 1 rings (SSSR count). The van der Waals surface area contributed by atoms with Crippen molar-refractivity contribution in [2.24, 2.45) is 0 Å². The van der Waals surface area contributed by atoms with E-state index in [1.165, 1.54) is 12.1 Å². The normalized spacial score (nSPS) is 10.3. The van der Waals surface area contributed by atoms with Crippen molar-refractivity contribution in [2.45, 2.75) is 0 Å². The standard InChI is InChI=1S/C13H17BrFNO4/c1-18-6-7-19-5-4-16-13(17)9-20-12-3-2-10(14)8-11(12)15/h2-3,8H,4-7,9H2,1H3,(H,16,17). The van der Waals surface area contributed by atoms with Crippen LogP contribution in [0.3, 0.4) is 0 Å². The predicted octanol–water partition coefficient (Wildman–Crippen LogP) is 1.75. The molecule has 1 N–H and O–H groups in total. The van der Waals surface area contributed by atoms with Crippen LogP contribution in [0.5, 0.6) is 5.75 Å². The third-order valence-electron chi connectivity index (χ3n) is 2.25. The van der Waals surface area contributed by atoms with Crippen LogP contribution in [-0.2, 0) is 14.3 Å². The number of hydrogen-bond donors (Lipinski definition) is 1. The Hall–Kier alpha value is -1.18. The van der Waals surface area contributed by atoms with Crippen LogP contribution in [0.15, 0.2) is 22.7 Å². The van der Waals surface area contributed by atoms with E-state index in [0.717, 1.165) is 0 Å². The van der Waals surface area contributed by atoms with Gasteiger partial charge in [-0.25, -0.2) is 4.39 Å². The van der Waals surface area contributed by atoms with Crippen LogP contribution < -0.4 is 10.1 Å². The lowest BCUT2D eigenvalue weighted by molar-refractivity contribution is -0.123. The first-order chi connectivity index (χ1) is 9.63. The number of ether oxygens (including phenoxy) is 3. The number of rotatable bonds is 9. The van der Waals surface area contributed by atoms with E-state index in [9.17, 15) is 9.18 Å². The molecule has 1 amide bonds. The Bertz CT molecular complexity index is 431. The summed E-state index contributed by atoms with van der Waals surface area (Å²) < 4.78 is 29.1. The van der Waals surface area contributed by atoms with E-state index in [4.69, 9.17) is 14.2 Å². The van der Waals surface area contributed by atoms with E-state index >= 15 is 0 Å². The second-order valence-electron chi connectivity index (χ2n) is 3.82. The summed E-state index contributed by atoms with van der Waals surface area (Å²) in [7, 11) is 1.59. The lowest BCUT2D eigenvalue weighted by atomic mass is 10.3. The highest BCUT2D eigenvalue weighted by Crippen LogP contribution is 2.21. The molecule has 5 nitrogen and oxygen atoms in total. The topological polar surface area (TPSA) is 56.8 Å². The van der Waals surface area contributed by atoms with Gasteiger partial charge in [0.15, 0.2) is 18.2 Å². The van der Waals surface area contributed by atoms with E-state index in [0.29, 0.717) is 30.8 Å². The van der Waals surface area contributed by atoms with Gasteiger partial charge in [-0.1, -0.05) is 15.9 Å². The minimum atomic E-state index is -0.518. The van der Waals surface area contributed by atoms with Crippen LogP contribution in [0.25, 0.3) is 0 Å². The van der Waals surface area contributed by atoms with E-state index in [-0.39, 0.29) is 18.3 Å². The highest BCUT2D eigenvalue weighted by molar-refractivity contribution is 9.10. The van der Waals surface area contributed by atoms with E-state index < -0.39 is 5.82 Å². The SMILES string of the molecule is COCCOCCNC(=O)COc1ccc(Br)cc1F. The molecule has 0 heterocycles. The number of hydrogen-bond acceptors (Lipinski definition) is 4. The second-order valence-corrected chi connectivity index (χ2v) is 4.73. The molecule has 1 aromatic rings. The minimum absolute atomic E-state index is 0.0414. The van der Waals surface area contributed by atoms with Crippen molar-refractivity contribution in [3.05, 3.63) is 28.5 Å². The third-order valence-corrected chi connectivity index (χ3v) is 2.75. The molecule has 0 aromatic heterocycles. The quantitative estimate of drug-likeness (QED) is 0.690. The van der Waals surface area contributed by atoms with Gasteiger partial charge in [-0.15, -0.1) is 0 Å². The molecule has 0 aliphatic carbocycles. The van der Waals surface area contributed by atoms with Crippen molar-refractivity contribution in [1.82, 2.24) is 5.32 Å². The van der Waals surface area contributed by atoms with E-state index in [1.54, 1.807) is 13.2 Å². The molecule has 0 fully saturated rings. The van der Waals surface area contributed by atoms with Crippen LogP contribution >= 0.6 is 15.9 Å². The van der Waals surface area contributed by atoms with Crippen molar-refractivity contribution in [2.75, 3.05) is 40.1 Å². The molecule has 0 spiro atoms. The van der Waals surface area contributed by atoms with Gasteiger partial charge in [0.05, 0.1) is 19.8 Å². The molecule has 1 aromatic carbocycles. The molecule has 0 saturated heterocycles. The number of methoxy groups -OCH3 is 1. The zero-order chi connectivity index (χ0) is 14.8. The molecule has 0 saturated carbocycles. The molecule has 112 valence electrons. The summed E-state index contributed by atoms with van der Waals surface area (Å²) in [6.07, 6.45) is 0. The summed E-state index contributed by atoms with van der Waals surface area (Å²) in [6.45, 7) is 1.51. The maximum Gasteiger partial charge on any atom is 0.258 e. The van der Waals surface area contributed by atoms with Gasteiger partial charge in [-0.05, 0) is 18.2 Å². The summed E-state index contributed by atoms with van der Waals surface area (Å²) in [5, 5.41) is 2.60. The van der Waals surface area contributed by atoms with Gasteiger partial charge >= 0.3 is 0 Å². The Morgan fingerprint density at radius 3 is 2.85 bits per heavy atom. The van der Waals surface area contributed by atoms with E-state index in [2.05, 4.69) is 21.2 Å². The van der Waals surface area contributed by atoms with Gasteiger partial charge in [0.2, 0.25) is 0 Å². The summed E-state index contributed by atoms with van der Waals surface area (Å²) in [4.78, 5) is 11.4. The second kappa shape index (κ2) is 9.68. The van der Waals surface area contributed by atoms with Crippen LogP contribution in [0.1, 0.15) is 0 Å². The molecule has 0 aliphatic heterocycles. The Morgan fingerprint density at radius 1 is 1.35 bits per heavy atom. The fourth-order valence-electron chi connectivity index (χ4n) is 1.29. The lowest BCUT2D eigenvalue weighted by Gasteiger charge is -2.08. The van der Waals surface area contributed by atoms with Gasteiger partial charge in [0, 0.05) is 18.1 Å². The van der Waals surface area contributed by atoms with E-state index in [1.807, 2.05) is 0 Å². The molecule has 0 radical (unpaired) electrons. The highest BCUT2D eigenvalue weighted by atomic mass is 79.9. The first-order valence-corrected chi connectivity index (χ1v) is 6.84. The number of amides is 1. The van der Waals surface area contributed by atoms with Crippen molar-refractivity contribution >= 4 is 21.8 Å².